The molecule has 0 radical (unpaired) electrons. The molecule has 0 spiro atoms. The van der Waals surface area contributed by atoms with Crippen molar-refractivity contribution in [2.24, 2.45) is 0 Å². The highest BCUT2D eigenvalue weighted by Gasteiger charge is 2.39. The molecule has 1 fully saturated rings. The summed E-state index contributed by atoms with van der Waals surface area (Å²) in [5, 5.41) is 0. The van der Waals surface area contributed by atoms with Crippen LogP contribution in [-0.4, -0.2) is 11.6 Å². The zero-order chi connectivity index (χ0) is 11.5. The average Bonchev–Trinajstić information content (AvgIpc) is 2.43. The number of rotatable bonds is 4. The number of hydrogen-bond acceptors (Lipinski definition) is 2. The molecule has 82 valence electrons. The van der Waals surface area contributed by atoms with Gasteiger partial charge in [0.15, 0.2) is 0 Å². The van der Waals surface area contributed by atoms with Crippen molar-refractivity contribution in [1.29, 1.82) is 0 Å². The molecule has 0 bridgehead atoms. The maximum absolute atomic E-state index is 11.3. The van der Waals surface area contributed by atoms with Gasteiger partial charge in [0.1, 0.15) is 5.60 Å². The minimum atomic E-state index is -0.514. The lowest BCUT2D eigenvalue weighted by Crippen LogP contribution is -2.24. The maximum atomic E-state index is 11.3. The molecule has 1 aliphatic heterocycles. The van der Waals surface area contributed by atoms with Crippen LogP contribution in [0.5, 0.6) is 0 Å². The molecule has 2 nitrogen and oxygen atoms in total. The second-order valence-corrected chi connectivity index (χ2v) is 4.26. The van der Waals surface area contributed by atoms with Crippen LogP contribution in [0.4, 0.5) is 0 Å². The van der Waals surface area contributed by atoms with E-state index in [0.29, 0.717) is 12.0 Å². The highest BCUT2D eigenvalue weighted by Crippen LogP contribution is 2.34. The molecule has 1 aliphatic rings. The summed E-state index contributed by atoms with van der Waals surface area (Å²) in [6, 6.07) is 0. The van der Waals surface area contributed by atoms with E-state index in [1.807, 2.05) is 0 Å². The highest BCUT2D eigenvalue weighted by molar-refractivity contribution is 5.90. The monoisotopic (exact) mass is 206 g/mol. The van der Waals surface area contributed by atoms with Crippen molar-refractivity contribution in [3.63, 3.8) is 0 Å². The van der Waals surface area contributed by atoms with E-state index in [2.05, 4.69) is 33.1 Å². The van der Waals surface area contributed by atoms with Gasteiger partial charge >= 0.3 is 5.97 Å². The molecule has 1 heterocycles. The molecule has 1 saturated heterocycles. The number of ether oxygens (including phenoxy) is 1. The number of carbonyl (C=O) groups excluding carboxylic acids is 1. The Kier molecular flexibility index (Phi) is 3.51. The van der Waals surface area contributed by atoms with Crippen molar-refractivity contribution in [2.45, 2.75) is 38.7 Å². The minimum absolute atomic E-state index is 0.285. The summed E-state index contributed by atoms with van der Waals surface area (Å²) >= 11 is 0. The first-order valence-corrected chi connectivity index (χ1v) is 5.17. The molecule has 0 amide bonds. The molecule has 1 rings (SSSR count). The fourth-order valence-corrected chi connectivity index (χ4v) is 1.69. The zero-order valence-electron chi connectivity index (χ0n) is 9.51. The second-order valence-electron chi connectivity index (χ2n) is 4.26. The van der Waals surface area contributed by atoms with E-state index in [9.17, 15) is 4.79 Å². The van der Waals surface area contributed by atoms with Crippen LogP contribution < -0.4 is 0 Å². The lowest BCUT2D eigenvalue weighted by atomic mass is 9.92. The summed E-state index contributed by atoms with van der Waals surface area (Å²) in [7, 11) is 0. The lowest BCUT2D eigenvalue weighted by Gasteiger charge is -2.22. The Labute approximate surface area is 91.3 Å². The topological polar surface area (TPSA) is 26.3 Å². The lowest BCUT2D eigenvalue weighted by molar-refractivity contribution is -0.143. The van der Waals surface area contributed by atoms with Crippen LogP contribution in [0.15, 0.2) is 36.5 Å². The van der Waals surface area contributed by atoms with Crippen molar-refractivity contribution in [1.82, 2.24) is 0 Å². The van der Waals surface area contributed by atoms with Crippen molar-refractivity contribution in [3.05, 3.63) is 36.5 Å². The molecule has 0 saturated carbocycles. The predicted octanol–water partition coefficient (Wildman–Crippen LogP) is 3.16. The van der Waals surface area contributed by atoms with Gasteiger partial charge in [0.2, 0.25) is 0 Å². The summed E-state index contributed by atoms with van der Waals surface area (Å²) in [5.74, 6) is -0.285. The third-order valence-corrected chi connectivity index (χ3v) is 2.59. The smallest absolute Gasteiger partial charge is 0.334 e. The summed E-state index contributed by atoms with van der Waals surface area (Å²) < 4.78 is 5.31. The van der Waals surface area contributed by atoms with Crippen LogP contribution in [0.25, 0.3) is 0 Å². The first-order valence-electron chi connectivity index (χ1n) is 5.17. The molecule has 0 N–H and O–H groups in total. The van der Waals surface area contributed by atoms with Crippen molar-refractivity contribution in [3.8, 4) is 0 Å². The fourth-order valence-electron chi connectivity index (χ4n) is 1.69. The van der Waals surface area contributed by atoms with Gasteiger partial charge in [-0.2, -0.15) is 0 Å². The maximum Gasteiger partial charge on any atom is 0.334 e. The van der Waals surface area contributed by atoms with E-state index < -0.39 is 5.60 Å². The molecule has 15 heavy (non-hydrogen) atoms. The van der Waals surface area contributed by atoms with Crippen LogP contribution in [-0.2, 0) is 9.53 Å². The summed E-state index contributed by atoms with van der Waals surface area (Å²) in [5.41, 5.74) is 1.31. The van der Waals surface area contributed by atoms with Gasteiger partial charge in [0.05, 0.1) is 0 Å². The molecule has 1 unspecified atom stereocenters. The van der Waals surface area contributed by atoms with Crippen LogP contribution in [0.2, 0.25) is 0 Å². The van der Waals surface area contributed by atoms with E-state index in [-0.39, 0.29) is 5.97 Å². The van der Waals surface area contributed by atoms with Crippen LogP contribution >= 0.6 is 0 Å². The average molecular weight is 206 g/mol. The molecule has 0 aromatic heterocycles. The Bertz CT molecular complexity index is 303. The molecule has 0 aliphatic carbocycles. The Balaban J connectivity index is 2.64. The van der Waals surface area contributed by atoms with Gasteiger partial charge < -0.3 is 4.74 Å². The SMILES string of the molecule is C=CC1(CCC=C(C)C)CC(=C)C(=O)O1. The van der Waals surface area contributed by atoms with Gasteiger partial charge in [-0.05, 0) is 32.8 Å². The molecule has 2 heteroatoms. The number of cyclic esters (lactones) is 1. The molecular formula is C13H18O2. The number of allylic oxidation sites excluding steroid dienone is 2. The normalized spacial score (nSPS) is 24.9. The van der Waals surface area contributed by atoms with E-state index in [1.54, 1.807) is 6.08 Å². The van der Waals surface area contributed by atoms with Crippen LogP contribution in [0.3, 0.4) is 0 Å². The molecule has 0 aromatic carbocycles. The van der Waals surface area contributed by atoms with Gasteiger partial charge in [0.25, 0.3) is 0 Å². The summed E-state index contributed by atoms with van der Waals surface area (Å²) in [4.78, 5) is 11.3. The Morgan fingerprint density at radius 3 is 2.67 bits per heavy atom. The van der Waals surface area contributed by atoms with E-state index >= 15 is 0 Å². The van der Waals surface area contributed by atoms with E-state index in [4.69, 9.17) is 4.74 Å². The van der Waals surface area contributed by atoms with Crippen LogP contribution in [0.1, 0.15) is 33.1 Å². The van der Waals surface area contributed by atoms with Crippen LogP contribution in [0, 0.1) is 0 Å². The van der Waals surface area contributed by atoms with Gasteiger partial charge in [-0.25, -0.2) is 4.79 Å². The van der Waals surface area contributed by atoms with Gasteiger partial charge in [-0.1, -0.05) is 24.8 Å². The summed E-state index contributed by atoms with van der Waals surface area (Å²) in [6.45, 7) is 11.5. The zero-order valence-corrected chi connectivity index (χ0v) is 9.51. The summed E-state index contributed by atoms with van der Waals surface area (Å²) in [6.07, 6.45) is 6.12. The van der Waals surface area contributed by atoms with Gasteiger partial charge in [-0.15, -0.1) is 0 Å². The van der Waals surface area contributed by atoms with Crippen molar-refractivity contribution < 1.29 is 9.53 Å². The largest absolute Gasteiger partial charge is 0.451 e. The van der Waals surface area contributed by atoms with Crippen molar-refractivity contribution >= 4 is 5.97 Å². The Hall–Kier alpha value is -1.31. The minimum Gasteiger partial charge on any atom is -0.451 e. The number of carbonyl (C=O) groups is 1. The molecule has 1 atom stereocenters. The standard InChI is InChI=1S/C13H18O2/c1-5-13(8-6-7-10(2)3)9-11(4)12(14)15-13/h5,7H,1,4,6,8-9H2,2-3H3. The Morgan fingerprint density at radius 2 is 2.27 bits per heavy atom. The first kappa shape index (κ1) is 11.8. The second kappa shape index (κ2) is 4.47. The quantitative estimate of drug-likeness (QED) is 0.401. The van der Waals surface area contributed by atoms with E-state index in [0.717, 1.165) is 12.8 Å². The Morgan fingerprint density at radius 1 is 1.60 bits per heavy atom. The third-order valence-electron chi connectivity index (χ3n) is 2.59. The van der Waals surface area contributed by atoms with E-state index in [1.165, 1.54) is 5.57 Å². The van der Waals surface area contributed by atoms with Gasteiger partial charge in [0, 0.05) is 12.0 Å². The molecular weight excluding hydrogens is 188 g/mol. The number of esters is 1. The third kappa shape index (κ3) is 2.82. The van der Waals surface area contributed by atoms with Crippen molar-refractivity contribution in [2.75, 3.05) is 0 Å². The van der Waals surface area contributed by atoms with Gasteiger partial charge in [-0.3, -0.25) is 0 Å². The predicted molar refractivity (Wildman–Crippen MR) is 61.4 cm³/mol. The highest BCUT2D eigenvalue weighted by atomic mass is 16.6. The number of hydrogen-bond donors (Lipinski definition) is 0. The fraction of sp³-hybridized carbons (Fsp3) is 0.462. The molecule has 0 aromatic rings. The first-order chi connectivity index (χ1) is 6.99.